The van der Waals surface area contributed by atoms with Gasteiger partial charge >= 0.3 is 5.97 Å². The number of rotatable bonds is 24. The van der Waals surface area contributed by atoms with Gasteiger partial charge in [-0.25, -0.2) is 4.90 Å². The van der Waals surface area contributed by atoms with Crippen LogP contribution in [0.25, 0.3) is 0 Å². The molecule has 32 heavy (non-hydrogen) atoms. The lowest BCUT2D eigenvalue weighted by atomic mass is 10.0. The standard InChI is InChI=1S/C26H55N3O3/c1-4-7-8-9-10-11-12-13-14-15-16-17-18-19-20-21-25(30)32-26(31,24-28-23-22-27)29(5-2)6-3/h28,31H,4-24,27H2,1-3H3. The number of aliphatic hydroxyl groups is 1. The Morgan fingerprint density at radius 1 is 0.812 bits per heavy atom. The van der Waals surface area contributed by atoms with Gasteiger partial charge in [-0.2, -0.15) is 0 Å². The topological polar surface area (TPSA) is 87.8 Å². The number of carbonyl (C=O) groups excluding carboxylic acids is 1. The third kappa shape index (κ3) is 16.9. The summed E-state index contributed by atoms with van der Waals surface area (Å²) in [7, 11) is 0. The lowest BCUT2D eigenvalue weighted by Gasteiger charge is -2.37. The van der Waals surface area contributed by atoms with Crippen molar-refractivity contribution in [3.05, 3.63) is 0 Å². The van der Waals surface area contributed by atoms with Crippen molar-refractivity contribution in [2.75, 3.05) is 32.7 Å². The average molecular weight is 458 g/mol. The summed E-state index contributed by atoms with van der Waals surface area (Å²) in [5.74, 6) is -1.94. The first-order chi connectivity index (χ1) is 15.5. The summed E-state index contributed by atoms with van der Waals surface area (Å²) in [4.78, 5) is 14.1. The molecule has 0 spiro atoms. The normalized spacial score (nSPS) is 13.4. The Morgan fingerprint density at radius 3 is 1.66 bits per heavy atom. The molecule has 0 aromatic rings. The van der Waals surface area contributed by atoms with E-state index < -0.39 is 5.91 Å². The zero-order valence-electron chi connectivity index (χ0n) is 21.6. The highest BCUT2D eigenvalue weighted by Crippen LogP contribution is 2.17. The van der Waals surface area contributed by atoms with Gasteiger partial charge in [-0.1, -0.05) is 111 Å². The van der Waals surface area contributed by atoms with Gasteiger partial charge in [-0.15, -0.1) is 0 Å². The van der Waals surface area contributed by atoms with Gasteiger partial charge in [0.2, 0.25) is 0 Å². The smallest absolute Gasteiger partial charge is 0.309 e. The average Bonchev–Trinajstić information content (AvgIpc) is 2.77. The molecule has 0 aliphatic carbocycles. The third-order valence-corrected chi connectivity index (χ3v) is 6.20. The number of ether oxygens (including phenoxy) is 1. The lowest BCUT2D eigenvalue weighted by molar-refractivity contribution is -0.273. The molecule has 6 heteroatoms. The monoisotopic (exact) mass is 457 g/mol. The molecule has 192 valence electrons. The number of esters is 1. The van der Waals surface area contributed by atoms with Crippen molar-refractivity contribution < 1.29 is 14.6 Å². The second-order valence-corrected chi connectivity index (χ2v) is 9.05. The van der Waals surface area contributed by atoms with Crippen molar-refractivity contribution >= 4 is 5.97 Å². The summed E-state index contributed by atoms with van der Waals surface area (Å²) in [5, 5.41) is 13.9. The first-order valence-electron chi connectivity index (χ1n) is 13.6. The number of nitrogens with zero attached hydrogens (tertiary/aromatic N) is 1. The molecule has 1 unspecified atom stereocenters. The molecule has 6 nitrogen and oxygen atoms in total. The predicted octanol–water partition coefficient (Wildman–Crippen LogP) is 5.33. The Kier molecular flexibility index (Phi) is 21.6. The molecule has 4 N–H and O–H groups in total. The number of hydrogen-bond acceptors (Lipinski definition) is 6. The van der Waals surface area contributed by atoms with Crippen molar-refractivity contribution in [2.24, 2.45) is 5.73 Å². The maximum atomic E-state index is 12.3. The highest BCUT2D eigenvalue weighted by atomic mass is 16.7. The summed E-state index contributed by atoms with van der Waals surface area (Å²) >= 11 is 0. The zero-order chi connectivity index (χ0) is 23.9. The second kappa shape index (κ2) is 22.1. The van der Waals surface area contributed by atoms with Crippen LogP contribution < -0.4 is 11.1 Å². The first kappa shape index (κ1) is 31.3. The van der Waals surface area contributed by atoms with E-state index in [0.29, 0.717) is 32.6 Å². The number of carbonyl (C=O) groups is 1. The van der Waals surface area contributed by atoms with E-state index >= 15 is 0 Å². The second-order valence-electron chi connectivity index (χ2n) is 9.05. The Morgan fingerprint density at radius 2 is 1.25 bits per heavy atom. The molecule has 1 atom stereocenters. The molecule has 0 saturated carbocycles. The van der Waals surface area contributed by atoms with Crippen molar-refractivity contribution in [1.82, 2.24) is 10.2 Å². The summed E-state index contributed by atoms with van der Waals surface area (Å²) in [6.07, 6.45) is 19.8. The molecule has 0 aliphatic heterocycles. The molecule has 0 saturated heterocycles. The Labute approximate surface area is 199 Å². The molecule has 0 fully saturated rings. The summed E-state index contributed by atoms with van der Waals surface area (Å²) in [6, 6.07) is 0. The van der Waals surface area contributed by atoms with Crippen molar-refractivity contribution in [3.63, 3.8) is 0 Å². The SMILES string of the molecule is CCCCCCCCCCCCCCCCCC(=O)OC(O)(CNCCN)N(CC)CC. The molecule has 0 radical (unpaired) electrons. The highest BCUT2D eigenvalue weighted by Gasteiger charge is 2.36. The molecule has 0 bridgehead atoms. The minimum Gasteiger partial charge on any atom is -0.417 e. The summed E-state index contributed by atoms with van der Waals surface area (Å²) in [5.41, 5.74) is 5.51. The fourth-order valence-corrected chi connectivity index (χ4v) is 4.16. The van der Waals surface area contributed by atoms with Crippen LogP contribution in [-0.2, 0) is 9.53 Å². The molecule has 0 aromatic carbocycles. The van der Waals surface area contributed by atoms with Gasteiger partial charge in [0.25, 0.3) is 5.91 Å². The predicted molar refractivity (Wildman–Crippen MR) is 135 cm³/mol. The fraction of sp³-hybridized carbons (Fsp3) is 0.962. The van der Waals surface area contributed by atoms with Crippen LogP contribution in [0.3, 0.4) is 0 Å². The van der Waals surface area contributed by atoms with Gasteiger partial charge in [0.05, 0.1) is 6.54 Å². The van der Waals surface area contributed by atoms with Crippen molar-refractivity contribution in [1.29, 1.82) is 0 Å². The highest BCUT2D eigenvalue weighted by molar-refractivity contribution is 5.69. The van der Waals surface area contributed by atoms with E-state index in [1.165, 1.54) is 83.5 Å². The first-order valence-corrected chi connectivity index (χ1v) is 13.6. The van der Waals surface area contributed by atoms with Crippen LogP contribution in [0.4, 0.5) is 0 Å². The quantitative estimate of drug-likeness (QED) is 0.103. The Bertz CT molecular complexity index is 419. The van der Waals surface area contributed by atoms with Crippen LogP contribution in [0, 0.1) is 0 Å². The van der Waals surface area contributed by atoms with E-state index in [1.807, 2.05) is 13.8 Å². The molecule has 0 aliphatic rings. The summed E-state index contributed by atoms with van der Waals surface area (Å²) in [6.45, 7) is 8.57. The Hall–Kier alpha value is -0.690. The van der Waals surface area contributed by atoms with Crippen LogP contribution in [-0.4, -0.2) is 54.6 Å². The minimum atomic E-state index is -1.61. The molecule has 0 rings (SSSR count). The minimum absolute atomic E-state index is 0.163. The van der Waals surface area contributed by atoms with Crippen LogP contribution in [0.5, 0.6) is 0 Å². The van der Waals surface area contributed by atoms with E-state index in [-0.39, 0.29) is 12.5 Å². The van der Waals surface area contributed by atoms with E-state index in [9.17, 15) is 9.90 Å². The van der Waals surface area contributed by atoms with Crippen LogP contribution in [0.15, 0.2) is 0 Å². The number of likely N-dealkylation sites (N-methyl/N-ethyl adjacent to an activating group) is 1. The van der Waals surface area contributed by atoms with Crippen LogP contribution >= 0.6 is 0 Å². The van der Waals surface area contributed by atoms with Gasteiger partial charge in [0.1, 0.15) is 0 Å². The zero-order valence-corrected chi connectivity index (χ0v) is 21.6. The van der Waals surface area contributed by atoms with E-state index in [2.05, 4.69) is 12.2 Å². The van der Waals surface area contributed by atoms with Gasteiger partial charge in [0, 0.05) is 32.6 Å². The van der Waals surface area contributed by atoms with E-state index in [1.54, 1.807) is 4.90 Å². The third-order valence-electron chi connectivity index (χ3n) is 6.20. The molecule has 0 heterocycles. The van der Waals surface area contributed by atoms with Gasteiger partial charge in [0.15, 0.2) is 0 Å². The fourth-order valence-electron chi connectivity index (χ4n) is 4.16. The maximum absolute atomic E-state index is 12.3. The van der Waals surface area contributed by atoms with Gasteiger partial charge in [-0.3, -0.25) is 4.79 Å². The number of hydrogen-bond donors (Lipinski definition) is 3. The molecular weight excluding hydrogens is 402 g/mol. The van der Waals surface area contributed by atoms with E-state index in [4.69, 9.17) is 10.5 Å². The number of nitrogens with two attached hydrogens (primary N) is 1. The van der Waals surface area contributed by atoms with E-state index in [0.717, 1.165) is 12.8 Å². The molecule has 0 aromatic heterocycles. The number of unbranched alkanes of at least 4 members (excludes halogenated alkanes) is 14. The largest absolute Gasteiger partial charge is 0.417 e. The Balaban J connectivity index is 3.75. The van der Waals surface area contributed by atoms with Crippen molar-refractivity contribution in [3.8, 4) is 0 Å². The summed E-state index contributed by atoms with van der Waals surface area (Å²) < 4.78 is 5.49. The van der Waals surface area contributed by atoms with Crippen LogP contribution in [0.2, 0.25) is 0 Å². The lowest BCUT2D eigenvalue weighted by Crippen LogP contribution is -2.58. The number of nitrogens with one attached hydrogen (secondary N) is 1. The van der Waals surface area contributed by atoms with Gasteiger partial charge < -0.3 is 20.9 Å². The molecule has 0 amide bonds. The van der Waals surface area contributed by atoms with Crippen molar-refractivity contribution in [2.45, 2.75) is 129 Å². The maximum Gasteiger partial charge on any atom is 0.309 e. The molecular formula is C26H55N3O3. The van der Waals surface area contributed by atoms with Gasteiger partial charge in [-0.05, 0) is 6.42 Å². The van der Waals surface area contributed by atoms with Crippen LogP contribution in [0.1, 0.15) is 124 Å².